The minimum atomic E-state index is -3.22. The van der Waals surface area contributed by atoms with Gasteiger partial charge in [-0.05, 0) is 20.3 Å². The summed E-state index contributed by atoms with van der Waals surface area (Å²) in [5.74, 6) is 0. The Morgan fingerprint density at radius 3 is 2.82 bits per heavy atom. The van der Waals surface area contributed by atoms with Crippen LogP contribution in [0.25, 0.3) is 0 Å². The van der Waals surface area contributed by atoms with Gasteiger partial charge in [0.1, 0.15) is 0 Å². The van der Waals surface area contributed by atoms with E-state index in [0.717, 1.165) is 6.26 Å². The molecule has 0 unspecified atom stereocenters. The van der Waals surface area contributed by atoms with E-state index in [-0.39, 0.29) is 12.1 Å². The fraction of sp³-hybridized carbons (Fsp3) is 0.818. The summed E-state index contributed by atoms with van der Waals surface area (Å²) in [6.45, 7) is 5.49. The summed E-state index contributed by atoms with van der Waals surface area (Å²) < 4.78 is 35.9. The molecule has 0 aliphatic carbocycles. The number of nitrogens with one attached hydrogen (secondary N) is 1. The van der Waals surface area contributed by atoms with Crippen molar-refractivity contribution in [1.29, 1.82) is 0 Å². The van der Waals surface area contributed by atoms with E-state index in [1.807, 2.05) is 19.9 Å². The summed E-state index contributed by atoms with van der Waals surface area (Å²) in [6.07, 6.45) is 3.72. The number of ether oxygens (including phenoxy) is 2. The zero-order valence-electron chi connectivity index (χ0n) is 10.6. The first kappa shape index (κ1) is 14.6. The second-order valence-corrected chi connectivity index (χ2v) is 6.29. The quantitative estimate of drug-likeness (QED) is 0.741. The second-order valence-electron chi connectivity index (χ2n) is 4.51. The van der Waals surface area contributed by atoms with Crippen molar-refractivity contribution < 1.29 is 17.9 Å². The molecule has 0 radical (unpaired) electrons. The molecular weight excluding hydrogens is 242 g/mol. The Balaban J connectivity index is 2.51. The Labute approximate surface area is 103 Å². The fourth-order valence-corrected chi connectivity index (χ4v) is 2.41. The number of hydrogen-bond acceptors (Lipinski definition) is 4. The Morgan fingerprint density at radius 2 is 2.24 bits per heavy atom. The molecule has 0 amide bonds. The predicted molar refractivity (Wildman–Crippen MR) is 66.4 cm³/mol. The molecular formula is C11H21NO4S. The van der Waals surface area contributed by atoms with Crippen LogP contribution in [-0.2, 0) is 19.5 Å². The van der Waals surface area contributed by atoms with Crippen molar-refractivity contribution in [2.75, 3.05) is 26.1 Å². The van der Waals surface area contributed by atoms with Crippen molar-refractivity contribution in [3.8, 4) is 0 Å². The molecule has 6 heteroatoms. The van der Waals surface area contributed by atoms with Gasteiger partial charge in [0.25, 0.3) is 0 Å². The van der Waals surface area contributed by atoms with Gasteiger partial charge >= 0.3 is 0 Å². The topological polar surface area (TPSA) is 64.6 Å². The zero-order valence-corrected chi connectivity index (χ0v) is 11.4. The monoisotopic (exact) mass is 263 g/mol. The molecule has 5 nitrogen and oxygen atoms in total. The lowest BCUT2D eigenvalue weighted by molar-refractivity contribution is -0.0418. The molecule has 1 fully saturated rings. The summed E-state index contributed by atoms with van der Waals surface area (Å²) in [7, 11) is -3.22. The Morgan fingerprint density at radius 1 is 1.53 bits per heavy atom. The Hall–Kier alpha value is -0.430. The van der Waals surface area contributed by atoms with Gasteiger partial charge in [-0.1, -0.05) is 11.6 Å². The van der Waals surface area contributed by atoms with Crippen LogP contribution in [0.3, 0.4) is 0 Å². The van der Waals surface area contributed by atoms with Crippen LogP contribution < -0.4 is 4.72 Å². The van der Waals surface area contributed by atoms with Gasteiger partial charge in [-0.2, -0.15) is 0 Å². The maximum atomic E-state index is 11.2. The molecule has 1 heterocycles. The predicted octanol–water partition coefficient (Wildman–Crippen LogP) is 0.676. The fourth-order valence-electron chi connectivity index (χ4n) is 1.64. The molecule has 1 aliphatic heterocycles. The third-order valence-corrected chi connectivity index (χ3v) is 3.19. The minimum Gasteiger partial charge on any atom is -0.380 e. The first-order valence-electron chi connectivity index (χ1n) is 5.68. The molecule has 17 heavy (non-hydrogen) atoms. The molecule has 0 aromatic carbocycles. The molecule has 0 aromatic heterocycles. The third kappa shape index (κ3) is 6.16. The van der Waals surface area contributed by atoms with E-state index in [4.69, 9.17) is 9.47 Å². The van der Waals surface area contributed by atoms with Gasteiger partial charge in [0.2, 0.25) is 10.0 Å². The molecule has 1 rings (SSSR count). The van der Waals surface area contributed by atoms with E-state index in [0.29, 0.717) is 26.2 Å². The van der Waals surface area contributed by atoms with Crippen LogP contribution in [0.1, 0.15) is 20.3 Å². The Kier molecular flexibility index (Phi) is 5.58. The smallest absolute Gasteiger partial charge is 0.209 e. The summed E-state index contributed by atoms with van der Waals surface area (Å²) >= 11 is 0. The Bertz CT molecular complexity index is 360. The lowest BCUT2D eigenvalue weighted by Crippen LogP contribution is -2.50. The zero-order chi connectivity index (χ0) is 12.9. The van der Waals surface area contributed by atoms with Crippen LogP contribution >= 0.6 is 0 Å². The van der Waals surface area contributed by atoms with E-state index < -0.39 is 10.0 Å². The maximum absolute atomic E-state index is 11.2. The summed E-state index contributed by atoms with van der Waals surface area (Å²) in [6, 6.07) is -0.288. The number of rotatable bonds is 5. The number of hydrogen-bond donors (Lipinski definition) is 1. The normalized spacial score (nSPS) is 25.6. The van der Waals surface area contributed by atoms with Gasteiger partial charge in [0.15, 0.2) is 0 Å². The van der Waals surface area contributed by atoms with E-state index >= 15 is 0 Å². The number of sulfonamides is 1. The van der Waals surface area contributed by atoms with Crippen LogP contribution in [0.5, 0.6) is 0 Å². The standard InChI is InChI=1S/C11H21NO4S/c1-9(2)4-7-16-11-5-6-15-8-10(11)12-17(3,13)14/h4,10-12H,5-8H2,1-3H3/t10-,11+/m0/s1. The average Bonchev–Trinajstić information content (AvgIpc) is 2.17. The van der Waals surface area contributed by atoms with E-state index in [1.54, 1.807) is 0 Å². The highest BCUT2D eigenvalue weighted by molar-refractivity contribution is 7.88. The van der Waals surface area contributed by atoms with Gasteiger partial charge in [-0.15, -0.1) is 0 Å². The lowest BCUT2D eigenvalue weighted by Gasteiger charge is -2.31. The van der Waals surface area contributed by atoms with Crippen LogP contribution in [0, 0.1) is 0 Å². The highest BCUT2D eigenvalue weighted by Gasteiger charge is 2.28. The van der Waals surface area contributed by atoms with Gasteiger partial charge < -0.3 is 9.47 Å². The molecule has 1 N–H and O–H groups in total. The van der Waals surface area contributed by atoms with E-state index in [2.05, 4.69) is 4.72 Å². The van der Waals surface area contributed by atoms with Gasteiger partial charge in [0.05, 0.1) is 31.6 Å². The van der Waals surface area contributed by atoms with Crippen LogP contribution in [-0.4, -0.2) is 46.6 Å². The van der Waals surface area contributed by atoms with Crippen molar-refractivity contribution in [3.63, 3.8) is 0 Å². The highest BCUT2D eigenvalue weighted by atomic mass is 32.2. The summed E-state index contributed by atoms with van der Waals surface area (Å²) in [4.78, 5) is 0. The molecule has 0 saturated carbocycles. The van der Waals surface area contributed by atoms with Gasteiger partial charge in [-0.3, -0.25) is 0 Å². The van der Waals surface area contributed by atoms with Crippen molar-refractivity contribution in [3.05, 3.63) is 11.6 Å². The second kappa shape index (κ2) is 6.49. The summed E-state index contributed by atoms with van der Waals surface area (Å²) in [5, 5.41) is 0. The largest absolute Gasteiger partial charge is 0.380 e. The van der Waals surface area contributed by atoms with Crippen molar-refractivity contribution >= 4 is 10.0 Å². The number of allylic oxidation sites excluding steroid dienone is 1. The highest BCUT2D eigenvalue weighted by Crippen LogP contribution is 2.13. The van der Waals surface area contributed by atoms with E-state index in [1.165, 1.54) is 5.57 Å². The molecule has 1 saturated heterocycles. The minimum absolute atomic E-state index is 0.117. The molecule has 100 valence electrons. The van der Waals surface area contributed by atoms with Crippen LogP contribution in [0.2, 0.25) is 0 Å². The third-order valence-electron chi connectivity index (χ3n) is 2.46. The SMILES string of the molecule is CC(C)=CCO[C@@H]1CCOC[C@@H]1NS(C)(=O)=O. The summed E-state index contributed by atoms with van der Waals surface area (Å²) in [5.41, 5.74) is 1.18. The first-order chi connectivity index (χ1) is 7.88. The van der Waals surface area contributed by atoms with Gasteiger partial charge in [-0.25, -0.2) is 13.1 Å². The molecule has 0 spiro atoms. The van der Waals surface area contributed by atoms with Crippen LogP contribution in [0.4, 0.5) is 0 Å². The average molecular weight is 263 g/mol. The van der Waals surface area contributed by atoms with Crippen molar-refractivity contribution in [2.45, 2.75) is 32.4 Å². The van der Waals surface area contributed by atoms with Crippen molar-refractivity contribution in [1.82, 2.24) is 4.72 Å². The van der Waals surface area contributed by atoms with E-state index in [9.17, 15) is 8.42 Å². The molecule has 0 bridgehead atoms. The molecule has 0 aromatic rings. The van der Waals surface area contributed by atoms with Crippen LogP contribution in [0.15, 0.2) is 11.6 Å². The first-order valence-corrected chi connectivity index (χ1v) is 7.57. The molecule has 1 aliphatic rings. The maximum Gasteiger partial charge on any atom is 0.209 e. The lowest BCUT2D eigenvalue weighted by atomic mass is 10.1. The van der Waals surface area contributed by atoms with Gasteiger partial charge in [0, 0.05) is 6.61 Å². The van der Waals surface area contributed by atoms with Crippen molar-refractivity contribution in [2.24, 2.45) is 0 Å². The molecule has 2 atom stereocenters.